The number of aliphatic hydroxyl groups is 1. The minimum atomic E-state index is -0.814. The van der Waals surface area contributed by atoms with Gasteiger partial charge in [0.2, 0.25) is 0 Å². The lowest BCUT2D eigenvalue weighted by Crippen LogP contribution is -2.28. The lowest BCUT2D eigenvalue weighted by atomic mass is 9.84. The monoisotopic (exact) mass is 255 g/mol. The van der Waals surface area contributed by atoms with Gasteiger partial charge >= 0.3 is 0 Å². The third-order valence-corrected chi connectivity index (χ3v) is 3.48. The first-order valence-electron chi connectivity index (χ1n) is 6.91. The van der Waals surface area contributed by atoms with Crippen molar-refractivity contribution in [2.24, 2.45) is 0 Å². The van der Waals surface area contributed by atoms with E-state index in [2.05, 4.69) is 24.0 Å². The highest BCUT2D eigenvalue weighted by Gasteiger charge is 2.29. The molecule has 1 atom stereocenters. The van der Waals surface area contributed by atoms with Crippen LogP contribution < -0.4 is 0 Å². The van der Waals surface area contributed by atoms with Crippen LogP contribution in [-0.2, 0) is 12.0 Å². The lowest BCUT2D eigenvalue weighted by molar-refractivity contribution is 0.0251. The SMILES string of the molecule is CCCCC(O)(Cc1ccccc1)c1cccnc1. The highest BCUT2D eigenvalue weighted by Crippen LogP contribution is 2.30. The van der Waals surface area contributed by atoms with E-state index in [0.717, 1.165) is 30.4 Å². The molecule has 0 spiro atoms. The quantitative estimate of drug-likeness (QED) is 0.853. The maximum atomic E-state index is 11.0. The smallest absolute Gasteiger partial charge is 0.0951 e. The van der Waals surface area contributed by atoms with Crippen LogP contribution in [0.15, 0.2) is 54.9 Å². The van der Waals surface area contributed by atoms with Crippen molar-refractivity contribution in [3.63, 3.8) is 0 Å². The minimum Gasteiger partial charge on any atom is -0.385 e. The summed E-state index contributed by atoms with van der Waals surface area (Å²) in [6.45, 7) is 2.15. The molecule has 0 aliphatic heterocycles. The topological polar surface area (TPSA) is 33.1 Å². The van der Waals surface area contributed by atoms with Gasteiger partial charge in [0, 0.05) is 24.4 Å². The molecule has 100 valence electrons. The van der Waals surface area contributed by atoms with Crippen molar-refractivity contribution in [3.05, 3.63) is 66.0 Å². The van der Waals surface area contributed by atoms with Gasteiger partial charge in [-0.25, -0.2) is 0 Å². The first-order valence-corrected chi connectivity index (χ1v) is 6.91. The summed E-state index contributed by atoms with van der Waals surface area (Å²) in [6, 6.07) is 14.0. The molecule has 2 rings (SSSR count). The van der Waals surface area contributed by atoms with Crippen LogP contribution in [0.3, 0.4) is 0 Å². The molecule has 0 fully saturated rings. The van der Waals surface area contributed by atoms with Crippen LogP contribution in [0.2, 0.25) is 0 Å². The molecule has 2 heteroatoms. The molecule has 1 aromatic heterocycles. The zero-order valence-electron chi connectivity index (χ0n) is 11.4. The Morgan fingerprint density at radius 2 is 1.89 bits per heavy atom. The van der Waals surface area contributed by atoms with Gasteiger partial charge in [-0.05, 0) is 18.1 Å². The van der Waals surface area contributed by atoms with Gasteiger partial charge in [-0.3, -0.25) is 4.98 Å². The summed E-state index contributed by atoms with van der Waals surface area (Å²) < 4.78 is 0. The largest absolute Gasteiger partial charge is 0.385 e. The first kappa shape index (κ1) is 13.8. The average Bonchev–Trinajstić information content (AvgIpc) is 2.47. The summed E-state index contributed by atoms with van der Waals surface area (Å²) in [6.07, 6.45) is 7.02. The van der Waals surface area contributed by atoms with Gasteiger partial charge in [0.05, 0.1) is 5.60 Å². The Kier molecular flexibility index (Phi) is 4.69. The molecule has 1 aromatic carbocycles. The van der Waals surface area contributed by atoms with Crippen molar-refractivity contribution in [1.29, 1.82) is 0 Å². The van der Waals surface area contributed by atoms with Crippen LogP contribution in [-0.4, -0.2) is 10.1 Å². The third-order valence-electron chi connectivity index (χ3n) is 3.48. The predicted octanol–water partition coefficient (Wildman–Crippen LogP) is 3.70. The van der Waals surface area contributed by atoms with Crippen molar-refractivity contribution in [3.8, 4) is 0 Å². The van der Waals surface area contributed by atoms with Crippen LogP contribution in [0.4, 0.5) is 0 Å². The standard InChI is InChI=1S/C17H21NO/c1-2-3-11-17(19,16-10-7-12-18-14-16)13-15-8-5-4-6-9-15/h4-10,12,14,19H,2-3,11,13H2,1H3. The summed E-state index contributed by atoms with van der Waals surface area (Å²) in [5.74, 6) is 0. The van der Waals surface area contributed by atoms with Gasteiger partial charge in [-0.15, -0.1) is 0 Å². The van der Waals surface area contributed by atoms with Gasteiger partial charge in [-0.1, -0.05) is 56.2 Å². The molecular weight excluding hydrogens is 234 g/mol. The highest BCUT2D eigenvalue weighted by molar-refractivity contribution is 5.24. The second-order valence-electron chi connectivity index (χ2n) is 5.04. The fourth-order valence-electron chi connectivity index (χ4n) is 2.38. The number of benzene rings is 1. The minimum absolute atomic E-state index is 0.638. The van der Waals surface area contributed by atoms with Crippen molar-refractivity contribution in [1.82, 2.24) is 4.98 Å². The van der Waals surface area contributed by atoms with Crippen molar-refractivity contribution in [2.75, 3.05) is 0 Å². The zero-order chi connectivity index (χ0) is 13.6. The summed E-state index contributed by atoms with van der Waals surface area (Å²) in [7, 11) is 0. The van der Waals surface area contributed by atoms with E-state index in [0.29, 0.717) is 6.42 Å². The lowest BCUT2D eigenvalue weighted by Gasteiger charge is -2.28. The van der Waals surface area contributed by atoms with Gasteiger partial charge in [0.15, 0.2) is 0 Å². The number of rotatable bonds is 6. The molecule has 19 heavy (non-hydrogen) atoms. The molecule has 2 aromatic rings. The maximum absolute atomic E-state index is 11.0. The van der Waals surface area contributed by atoms with Crippen LogP contribution in [0, 0.1) is 0 Å². The van der Waals surface area contributed by atoms with Gasteiger partial charge in [-0.2, -0.15) is 0 Å². The van der Waals surface area contributed by atoms with E-state index in [-0.39, 0.29) is 0 Å². The number of unbranched alkanes of at least 4 members (excludes halogenated alkanes) is 1. The molecule has 0 bridgehead atoms. The molecule has 0 saturated heterocycles. The zero-order valence-corrected chi connectivity index (χ0v) is 11.4. The fourth-order valence-corrected chi connectivity index (χ4v) is 2.38. The molecule has 0 aliphatic carbocycles. The van der Waals surface area contributed by atoms with Crippen molar-refractivity contribution < 1.29 is 5.11 Å². The van der Waals surface area contributed by atoms with Gasteiger partial charge < -0.3 is 5.11 Å². The van der Waals surface area contributed by atoms with Crippen LogP contribution in [0.5, 0.6) is 0 Å². The third kappa shape index (κ3) is 3.65. The Morgan fingerprint density at radius 1 is 1.11 bits per heavy atom. The van der Waals surface area contributed by atoms with E-state index in [1.165, 1.54) is 0 Å². The second-order valence-corrected chi connectivity index (χ2v) is 5.04. The van der Waals surface area contributed by atoms with Crippen molar-refractivity contribution >= 4 is 0 Å². The molecule has 1 unspecified atom stereocenters. The van der Waals surface area contributed by atoms with Crippen LogP contribution in [0.25, 0.3) is 0 Å². The number of nitrogens with zero attached hydrogens (tertiary/aromatic N) is 1. The van der Waals surface area contributed by atoms with E-state index in [1.54, 1.807) is 12.4 Å². The normalized spacial score (nSPS) is 14.0. The summed E-state index contributed by atoms with van der Waals surface area (Å²) in [5, 5.41) is 11.0. The number of aromatic nitrogens is 1. The molecule has 1 heterocycles. The number of hydrogen-bond donors (Lipinski definition) is 1. The fraction of sp³-hybridized carbons (Fsp3) is 0.353. The van der Waals surface area contributed by atoms with Gasteiger partial charge in [0.1, 0.15) is 0 Å². The molecule has 2 nitrogen and oxygen atoms in total. The molecule has 0 saturated carbocycles. The summed E-state index contributed by atoms with van der Waals surface area (Å²) in [4.78, 5) is 4.14. The van der Waals surface area contributed by atoms with Crippen LogP contribution in [0.1, 0.15) is 37.3 Å². The van der Waals surface area contributed by atoms with E-state index in [9.17, 15) is 5.11 Å². The predicted molar refractivity (Wildman–Crippen MR) is 77.8 cm³/mol. The number of hydrogen-bond acceptors (Lipinski definition) is 2. The van der Waals surface area contributed by atoms with E-state index < -0.39 is 5.60 Å². The second kappa shape index (κ2) is 6.48. The van der Waals surface area contributed by atoms with E-state index in [4.69, 9.17) is 0 Å². The molecule has 1 N–H and O–H groups in total. The van der Waals surface area contributed by atoms with Gasteiger partial charge in [0.25, 0.3) is 0 Å². The molecule has 0 aliphatic rings. The van der Waals surface area contributed by atoms with Crippen molar-refractivity contribution in [2.45, 2.75) is 38.2 Å². The Bertz CT molecular complexity index is 483. The maximum Gasteiger partial charge on any atom is 0.0951 e. The molecule has 0 amide bonds. The Hall–Kier alpha value is -1.67. The highest BCUT2D eigenvalue weighted by atomic mass is 16.3. The van der Waals surface area contributed by atoms with E-state index in [1.807, 2.05) is 30.3 Å². The number of pyridine rings is 1. The summed E-state index contributed by atoms with van der Waals surface area (Å²) >= 11 is 0. The molecule has 0 radical (unpaired) electrons. The summed E-state index contributed by atoms with van der Waals surface area (Å²) in [5.41, 5.74) is 1.25. The Balaban J connectivity index is 2.24. The first-order chi connectivity index (χ1) is 9.24. The Morgan fingerprint density at radius 3 is 2.53 bits per heavy atom. The Labute approximate surface area is 115 Å². The van der Waals surface area contributed by atoms with Crippen LogP contribution >= 0.6 is 0 Å². The molecular formula is C17H21NO. The average molecular weight is 255 g/mol. The van der Waals surface area contributed by atoms with E-state index >= 15 is 0 Å².